The van der Waals surface area contributed by atoms with Crippen molar-refractivity contribution in [2.45, 2.75) is 19.9 Å². The number of nitrogens with one attached hydrogen (secondary N) is 1. The van der Waals surface area contributed by atoms with E-state index in [1.807, 2.05) is 11.6 Å². The van der Waals surface area contributed by atoms with Crippen LogP contribution in [-0.4, -0.2) is 20.6 Å². The summed E-state index contributed by atoms with van der Waals surface area (Å²) in [5.41, 5.74) is 0.970. The zero-order chi connectivity index (χ0) is 11.0. The van der Waals surface area contributed by atoms with E-state index in [9.17, 15) is 0 Å². The first-order valence-corrected chi connectivity index (χ1v) is 5.89. The maximum atomic E-state index is 4.28. The van der Waals surface area contributed by atoms with Gasteiger partial charge in [-0.1, -0.05) is 0 Å². The summed E-state index contributed by atoms with van der Waals surface area (Å²) in [6.07, 6.45) is 3.66. The van der Waals surface area contributed by atoms with Crippen molar-refractivity contribution in [1.82, 2.24) is 14.5 Å². The van der Waals surface area contributed by atoms with Crippen LogP contribution >= 0.6 is 22.6 Å². The Balaban J connectivity index is 2.64. The number of nitrogens with zero attached hydrogens (tertiary/aromatic N) is 3. The van der Waals surface area contributed by atoms with E-state index in [1.54, 1.807) is 6.33 Å². The van der Waals surface area contributed by atoms with Crippen LogP contribution in [0.5, 0.6) is 0 Å². The number of anilines is 1. The highest BCUT2D eigenvalue weighted by molar-refractivity contribution is 14.1. The number of hydrogen-bond donors (Lipinski definition) is 1. The standard InChI is InChI=1S/C10H13IN4/c1-6(2)14-9-8-7(11)4-15(3)10(8)13-5-12-9/h4-6H,1-3H3,(H,12,13,14). The molecule has 4 nitrogen and oxygen atoms in total. The van der Waals surface area contributed by atoms with Gasteiger partial charge in [-0.25, -0.2) is 9.97 Å². The van der Waals surface area contributed by atoms with Crippen LogP contribution in [0.2, 0.25) is 0 Å². The van der Waals surface area contributed by atoms with Gasteiger partial charge in [0.25, 0.3) is 0 Å². The van der Waals surface area contributed by atoms with Gasteiger partial charge in [0.05, 0.1) is 5.39 Å². The molecule has 0 amide bonds. The molecule has 0 bridgehead atoms. The Morgan fingerprint density at radius 2 is 2.13 bits per heavy atom. The minimum absolute atomic E-state index is 0.374. The molecule has 15 heavy (non-hydrogen) atoms. The van der Waals surface area contributed by atoms with Crippen LogP contribution < -0.4 is 5.32 Å². The second-order valence-electron chi connectivity index (χ2n) is 3.81. The number of halogens is 1. The third kappa shape index (κ3) is 1.92. The molecule has 0 atom stereocenters. The highest BCUT2D eigenvalue weighted by atomic mass is 127. The first kappa shape index (κ1) is 10.7. The minimum atomic E-state index is 0.374. The van der Waals surface area contributed by atoms with Gasteiger partial charge in [-0.3, -0.25) is 0 Å². The predicted molar refractivity (Wildman–Crippen MR) is 70.0 cm³/mol. The fraction of sp³-hybridized carbons (Fsp3) is 0.400. The quantitative estimate of drug-likeness (QED) is 0.865. The SMILES string of the molecule is CC(C)Nc1ncnc2c1c(I)cn2C. The molecule has 0 radical (unpaired) electrons. The first-order valence-electron chi connectivity index (χ1n) is 4.81. The van der Waals surface area contributed by atoms with Gasteiger partial charge < -0.3 is 9.88 Å². The summed E-state index contributed by atoms with van der Waals surface area (Å²) in [7, 11) is 2.00. The van der Waals surface area contributed by atoms with Crippen LogP contribution in [0.1, 0.15) is 13.8 Å². The van der Waals surface area contributed by atoms with Gasteiger partial charge >= 0.3 is 0 Å². The van der Waals surface area contributed by atoms with Crippen molar-refractivity contribution in [2.75, 3.05) is 5.32 Å². The molecule has 2 heterocycles. The van der Waals surface area contributed by atoms with Crippen LogP contribution in [0.25, 0.3) is 11.0 Å². The summed E-state index contributed by atoms with van der Waals surface area (Å²) < 4.78 is 3.19. The van der Waals surface area contributed by atoms with Crippen molar-refractivity contribution in [2.24, 2.45) is 7.05 Å². The van der Waals surface area contributed by atoms with Gasteiger partial charge in [0.15, 0.2) is 0 Å². The third-order valence-electron chi connectivity index (χ3n) is 2.13. The van der Waals surface area contributed by atoms with Gasteiger partial charge in [0.2, 0.25) is 0 Å². The van der Waals surface area contributed by atoms with Crippen molar-refractivity contribution in [1.29, 1.82) is 0 Å². The molecule has 2 rings (SSSR count). The number of rotatable bonds is 2. The van der Waals surface area contributed by atoms with Crippen LogP contribution in [-0.2, 0) is 7.05 Å². The lowest BCUT2D eigenvalue weighted by atomic mass is 10.3. The normalized spacial score (nSPS) is 11.3. The van der Waals surface area contributed by atoms with Crippen LogP contribution in [0, 0.1) is 3.57 Å². The second-order valence-corrected chi connectivity index (χ2v) is 4.97. The summed E-state index contributed by atoms with van der Waals surface area (Å²) in [6.45, 7) is 4.20. The topological polar surface area (TPSA) is 42.7 Å². The molecular formula is C10H13IN4. The molecule has 1 N–H and O–H groups in total. The largest absolute Gasteiger partial charge is 0.367 e. The highest BCUT2D eigenvalue weighted by Crippen LogP contribution is 2.26. The highest BCUT2D eigenvalue weighted by Gasteiger charge is 2.11. The molecular weight excluding hydrogens is 303 g/mol. The summed E-state index contributed by atoms with van der Waals surface area (Å²) in [4.78, 5) is 8.56. The van der Waals surface area contributed by atoms with E-state index >= 15 is 0 Å². The lowest BCUT2D eigenvalue weighted by Gasteiger charge is -2.09. The minimum Gasteiger partial charge on any atom is -0.367 e. The molecule has 0 aliphatic heterocycles. The Kier molecular flexibility index (Phi) is 2.81. The van der Waals surface area contributed by atoms with Gasteiger partial charge in [-0.15, -0.1) is 0 Å². The smallest absolute Gasteiger partial charge is 0.146 e. The summed E-state index contributed by atoms with van der Waals surface area (Å²) in [5.74, 6) is 0.917. The maximum Gasteiger partial charge on any atom is 0.146 e. The molecule has 0 aromatic carbocycles. The maximum absolute atomic E-state index is 4.28. The molecule has 0 fully saturated rings. The van der Waals surface area contributed by atoms with Crippen molar-refractivity contribution >= 4 is 39.4 Å². The molecule has 0 saturated heterocycles. The predicted octanol–water partition coefficient (Wildman–Crippen LogP) is 2.39. The van der Waals surface area contributed by atoms with Crippen LogP contribution in [0.3, 0.4) is 0 Å². The number of hydrogen-bond acceptors (Lipinski definition) is 3. The molecule has 0 unspecified atom stereocenters. The molecule has 0 aliphatic rings. The van der Waals surface area contributed by atoms with Crippen molar-refractivity contribution < 1.29 is 0 Å². The Labute approximate surface area is 102 Å². The van der Waals surface area contributed by atoms with E-state index in [4.69, 9.17) is 0 Å². The Hall–Kier alpha value is -0.850. The van der Waals surface area contributed by atoms with Crippen molar-refractivity contribution in [3.8, 4) is 0 Å². The zero-order valence-electron chi connectivity index (χ0n) is 8.95. The van der Waals surface area contributed by atoms with Crippen molar-refractivity contribution in [3.63, 3.8) is 0 Å². The average Bonchev–Trinajstić information content (AvgIpc) is 2.43. The van der Waals surface area contributed by atoms with Gasteiger partial charge in [-0.2, -0.15) is 0 Å². The molecule has 80 valence electrons. The van der Waals surface area contributed by atoms with E-state index in [0.29, 0.717) is 6.04 Å². The fourth-order valence-corrected chi connectivity index (χ4v) is 2.46. The monoisotopic (exact) mass is 316 g/mol. The third-order valence-corrected chi connectivity index (χ3v) is 2.95. The molecule has 0 spiro atoms. The van der Waals surface area contributed by atoms with Crippen LogP contribution in [0.15, 0.2) is 12.5 Å². The lowest BCUT2D eigenvalue weighted by Crippen LogP contribution is -2.11. The number of aromatic nitrogens is 3. The zero-order valence-corrected chi connectivity index (χ0v) is 11.1. The lowest BCUT2D eigenvalue weighted by molar-refractivity contribution is 0.888. The van der Waals surface area contributed by atoms with E-state index in [0.717, 1.165) is 16.9 Å². The van der Waals surface area contributed by atoms with Crippen molar-refractivity contribution in [3.05, 3.63) is 16.1 Å². The molecule has 0 aliphatic carbocycles. The Bertz CT molecular complexity index is 489. The summed E-state index contributed by atoms with van der Waals surface area (Å²) >= 11 is 2.31. The van der Waals surface area contributed by atoms with Crippen LogP contribution in [0.4, 0.5) is 5.82 Å². The molecule has 2 aromatic heterocycles. The Morgan fingerprint density at radius 1 is 1.40 bits per heavy atom. The number of aryl methyl sites for hydroxylation is 1. The summed E-state index contributed by atoms with van der Waals surface area (Å²) in [5, 5.41) is 4.44. The van der Waals surface area contributed by atoms with E-state index < -0.39 is 0 Å². The fourth-order valence-electron chi connectivity index (χ4n) is 1.54. The number of fused-ring (bicyclic) bond motifs is 1. The summed E-state index contributed by atoms with van der Waals surface area (Å²) in [6, 6.07) is 0.374. The first-order chi connectivity index (χ1) is 7.09. The second kappa shape index (κ2) is 3.96. The van der Waals surface area contributed by atoms with Gasteiger partial charge in [0.1, 0.15) is 17.8 Å². The van der Waals surface area contributed by atoms with E-state index in [-0.39, 0.29) is 0 Å². The molecule has 0 saturated carbocycles. The molecule has 2 aromatic rings. The van der Waals surface area contributed by atoms with Gasteiger partial charge in [0, 0.05) is 22.9 Å². The Morgan fingerprint density at radius 3 is 2.80 bits per heavy atom. The average molecular weight is 316 g/mol. The van der Waals surface area contributed by atoms with E-state index in [2.05, 4.69) is 57.9 Å². The van der Waals surface area contributed by atoms with Gasteiger partial charge in [-0.05, 0) is 36.4 Å². The van der Waals surface area contributed by atoms with E-state index in [1.165, 1.54) is 3.57 Å². The molecule has 5 heteroatoms.